The zero-order chi connectivity index (χ0) is 14.7. The van der Waals surface area contributed by atoms with Gasteiger partial charge in [-0.2, -0.15) is 0 Å². The van der Waals surface area contributed by atoms with Gasteiger partial charge in [0, 0.05) is 5.56 Å². The average molecular weight is 329 g/mol. The molecule has 0 aromatic heterocycles. The van der Waals surface area contributed by atoms with Crippen LogP contribution >= 0.6 is 0 Å². The average Bonchev–Trinajstić information content (AvgIpc) is 2.42. The fourth-order valence-corrected chi connectivity index (χ4v) is 2.83. The first-order valence-electron chi connectivity index (χ1n) is 8.50. The maximum atomic E-state index is 2.36. The van der Waals surface area contributed by atoms with Gasteiger partial charge in [0.15, 0.2) is 0 Å². The smallest absolute Gasteiger partial charge is 0.104 e. The van der Waals surface area contributed by atoms with Gasteiger partial charge in [0.05, 0.1) is 20.6 Å². The van der Waals surface area contributed by atoms with E-state index in [4.69, 9.17) is 0 Å². The molecule has 0 saturated heterocycles. The van der Waals surface area contributed by atoms with E-state index >= 15 is 0 Å². The summed E-state index contributed by atoms with van der Waals surface area (Å²) in [5, 5.41) is 0. The minimum atomic E-state index is 0. The van der Waals surface area contributed by atoms with Gasteiger partial charge >= 0.3 is 0 Å². The summed E-state index contributed by atoms with van der Waals surface area (Å²) in [5.74, 6) is 0. The summed E-state index contributed by atoms with van der Waals surface area (Å²) in [6.07, 6.45) is 11.3. The Morgan fingerprint density at radius 2 is 1.27 bits per heavy atom. The predicted molar refractivity (Wildman–Crippen MR) is 91.7 cm³/mol. The Hall–Kier alpha value is -0.570. The molecule has 1 aromatic carbocycles. The Kier molecular flexibility index (Phi) is 15.1. The van der Waals surface area contributed by atoms with Crippen LogP contribution in [0, 0.1) is 0 Å². The molecule has 1 N–H and O–H groups in total. The lowest BCUT2D eigenvalue weighted by atomic mass is 10.1. The molecule has 0 aliphatic rings. The van der Waals surface area contributed by atoms with Crippen molar-refractivity contribution in [3.8, 4) is 0 Å². The molecular formula is C19H35ClNO-. The molecule has 0 heterocycles. The molecule has 0 spiro atoms. The Balaban J connectivity index is 0. The first kappa shape index (κ1) is 23.7. The minimum Gasteiger partial charge on any atom is -1.00 e. The largest absolute Gasteiger partial charge is 1.00 e. The van der Waals surface area contributed by atoms with Crippen molar-refractivity contribution >= 4 is 0 Å². The zero-order valence-electron chi connectivity index (χ0n) is 14.7. The van der Waals surface area contributed by atoms with Gasteiger partial charge < -0.3 is 22.4 Å². The zero-order valence-corrected chi connectivity index (χ0v) is 15.5. The number of hydrogen-bond acceptors (Lipinski definition) is 1. The van der Waals surface area contributed by atoms with Gasteiger partial charge in [-0.1, -0.05) is 75.8 Å². The predicted octanol–water partition coefficient (Wildman–Crippen LogP) is 2.23. The second kappa shape index (κ2) is 14.0. The number of hydrogen-bond donors (Lipinski definition) is 0. The van der Waals surface area contributed by atoms with E-state index in [0.717, 1.165) is 11.0 Å². The van der Waals surface area contributed by atoms with Crippen LogP contribution in [0.4, 0.5) is 0 Å². The number of halogens is 1. The Morgan fingerprint density at radius 3 is 1.82 bits per heavy atom. The highest BCUT2D eigenvalue weighted by molar-refractivity contribution is 5.13. The fraction of sp³-hybridized carbons (Fsp3) is 0.684. The Morgan fingerprint density at radius 1 is 0.773 bits per heavy atom. The van der Waals surface area contributed by atoms with Crippen LogP contribution in [0.5, 0.6) is 0 Å². The summed E-state index contributed by atoms with van der Waals surface area (Å²) in [6, 6.07) is 10.9. The van der Waals surface area contributed by atoms with Gasteiger partial charge in [-0.15, -0.1) is 0 Å². The molecule has 0 fully saturated rings. The van der Waals surface area contributed by atoms with Crippen molar-refractivity contribution in [3.63, 3.8) is 0 Å². The highest BCUT2D eigenvalue weighted by Gasteiger charge is 2.14. The van der Waals surface area contributed by atoms with Gasteiger partial charge in [-0.05, 0) is 12.8 Å². The van der Waals surface area contributed by atoms with Crippen LogP contribution < -0.4 is 12.4 Å². The molecule has 0 amide bonds. The number of rotatable bonds is 11. The summed E-state index contributed by atoms with van der Waals surface area (Å²) in [5.41, 5.74) is 1.46. The molecule has 0 aliphatic heterocycles. The van der Waals surface area contributed by atoms with Gasteiger partial charge in [0.2, 0.25) is 0 Å². The Bertz CT molecular complexity index is 341. The van der Waals surface area contributed by atoms with Crippen LogP contribution in [0.1, 0.15) is 63.9 Å². The molecule has 1 aromatic rings. The van der Waals surface area contributed by atoms with Crippen molar-refractivity contribution in [2.45, 2.75) is 64.8 Å². The van der Waals surface area contributed by atoms with Crippen LogP contribution in [-0.2, 0) is 6.54 Å². The van der Waals surface area contributed by atoms with E-state index in [0.29, 0.717) is 0 Å². The van der Waals surface area contributed by atoms with E-state index in [1.807, 2.05) is 0 Å². The van der Waals surface area contributed by atoms with Gasteiger partial charge in [0.1, 0.15) is 6.54 Å². The summed E-state index contributed by atoms with van der Waals surface area (Å²) in [4.78, 5) is 0. The van der Waals surface area contributed by atoms with Crippen molar-refractivity contribution in [1.82, 2.24) is 0 Å². The first-order valence-corrected chi connectivity index (χ1v) is 8.50. The highest BCUT2D eigenvalue weighted by Crippen LogP contribution is 2.13. The van der Waals surface area contributed by atoms with Crippen LogP contribution in [0.2, 0.25) is 0 Å². The van der Waals surface area contributed by atoms with Crippen LogP contribution in [0.15, 0.2) is 30.3 Å². The third-order valence-corrected chi connectivity index (χ3v) is 4.07. The molecule has 0 unspecified atom stereocenters. The number of quaternary nitrogens is 1. The summed E-state index contributed by atoms with van der Waals surface area (Å²) in [7, 11) is 4.71. The SMILES string of the molecule is CCCCCCCCCC[N+](C)(C)Cc1ccccc1.[Cl-].[OH-]. The molecule has 0 radical (unpaired) electrons. The normalized spacial score (nSPS) is 10.7. The molecule has 0 saturated carbocycles. The second-order valence-electron chi connectivity index (χ2n) is 6.78. The molecule has 22 heavy (non-hydrogen) atoms. The lowest BCUT2D eigenvalue weighted by molar-refractivity contribution is -0.903. The van der Waals surface area contributed by atoms with E-state index < -0.39 is 0 Å². The van der Waals surface area contributed by atoms with Gasteiger partial charge in [0.25, 0.3) is 0 Å². The molecule has 130 valence electrons. The molecule has 0 bridgehead atoms. The van der Waals surface area contributed by atoms with Crippen molar-refractivity contribution in [2.24, 2.45) is 0 Å². The summed E-state index contributed by atoms with van der Waals surface area (Å²) >= 11 is 0. The lowest BCUT2D eigenvalue weighted by Crippen LogP contribution is -3.00. The molecule has 3 heteroatoms. The van der Waals surface area contributed by atoms with E-state index in [-0.39, 0.29) is 17.9 Å². The molecule has 1 rings (SSSR count). The molecule has 0 atom stereocenters. The van der Waals surface area contributed by atoms with E-state index in [2.05, 4.69) is 51.4 Å². The fourth-order valence-electron chi connectivity index (χ4n) is 2.83. The molecule has 0 aliphatic carbocycles. The van der Waals surface area contributed by atoms with E-state index in [1.54, 1.807) is 0 Å². The maximum Gasteiger partial charge on any atom is 0.104 e. The third kappa shape index (κ3) is 12.0. The van der Waals surface area contributed by atoms with Crippen LogP contribution in [0.3, 0.4) is 0 Å². The monoisotopic (exact) mass is 328 g/mol. The number of benzene rings is 1. The topological polar surface area (TPSA) is 30.0 Å². The first-order chi connectivity index (χ1) is 9.64. The van der Waals surface area contributed by atoms with Crippen molar-refractivity contribution in [2.75, 3.05) is 20.6 Å². The maximum absolute atomic E-state index is 2.36. The highest BCUT2D eigenvalue weighted by atomic mass is 35.5. The van der Waals surface area contributed by atoms with Gasteiger partial charge in [-0.3, -0.25) is 0 Å². The quantitative estimate of drug-likeness (QED) is 0.452. The van der Waals surface area contributed by atoms with Crippen molar-refractivity contribution < 1.29 is 22.4 Å². The minimum absolute atomic E-state index is 0. The summed E-state index contributed by atoms with van der Waals surface area (Å²) < 4.78 is 1.11. The standard InChI is InChI=1S/C19H34N.ClH.H2O/c1-4-5-6-7-8-9-10-14-17-20(2,3)18-19-15-12-11-13-16-19;;/h11-13,15-16H,4-10,14,17-18H2,1-3H3;1H;1H2/q+1;;/p-2. The van der Waals surface area contributed by atoms with Crippen LogP contribution in [-0.4, -0.2) is 30.6 Å². The lowest BCUT2D eigenvalue weighted by Gasteiger charge is -2.30. The number of unbranched alkanes of at least 4 members (excludes halogenated alkanes) is 7. The third-order valence-electron chi connectivity index (χ3n) is 4.07. The Labute approximate surface area is 144 Å². The van der Waals surface area contributed by atoms with E-state index in [9.17, 15) is 0 Å². The second-order valence-corrected chi connectivity index (χ2v) is 6.78. The van der Waals surface area contributed by atoms with Gasteiger partial charge in [-0.25, -0.2) is 0 Å². The molecular weight excluding hydrogens is 294 g/mol. The van der Waals surface area contributed by atoms with E-state index in [1.165, 1.54) is 63.5 Å². The van der Waals surface area contributed by atoms with Crippen molar-refractivity contribution in [1.29, 1.82) is 0 Å². The molecule has 2 nitrogen and oxygen atoms in total. The van der Waals surface area contributed by atoms with Crippen molar-refractivity contribution in [3.05, 3.63) is 35.9 Å². The van der Waals surface area contributed by atoms with Crippen LogP contribution in [0.25, 0.3) is 0 Å². The number of nitrogens with zero attached hydrogens (tertiary/aromatic N) is 1. The summed E-state index contributed by atoms with van der Waals surface area (Å²) in [6.45, 7) is 4.73.